The smallest absolute Gasteiger partial charge is 0.218 e. The van der Waals surface area contributed by atoms with Gasteiger partial charge in [-0.25, -0.2) is 8.42 Å². The highest BCUT2D eigenvalue weighted by atomic mass is 32.2. The minimum absolute atomic E-state index is 0.0706. The first-order valence-electron chi connectivity index (χ1n) is 8.85. The fraction of sp³-hybridized carbons (Fsp3) is 0.400. The van der Waals surface area contributed by atoms with E-state index in [0.29, 0.717) is 13.1 Å². The lowest BCUT2D eigenvalue weighted by atomic mass is 10.2. The van der Waals surface area contributed by atoms with Crippen molar-refractivity contribution in [3.05, 3.63) is 65.2 Å². The minimum atomic E-state index is -3.28. The second-order valence-corrected chi connectivity index (χ2v) is 8.70. The van der Waals surface area contributed by atoms with Crippen molar-refractivity contribution in [3.63, 3.8) is 0 Å². The third-order valence-electron chi connectivity index (χ3n) is 4.74. The molecule has 1 fully saturated rings. The van der Waals surface area contributed by atoms with Crippen molar-refractivity contribution in [2.24, 2.45) is 0 Å². The number of piperazine rings is 1. The van der Waals surface area contributed by atoms with E-state index in [4.69, 9.17) is 4.74 Å². The molecule has 2 aromatic rings. The Morgan fingerprint density at radius 1 is 1.00 bits per heavy atom. The number of para-hydroxylation sites is 1. The van der Waals surface area contributed by atoms with Crippen LogP contribution >= 0.6 is 0 Å². The first-order chi connectivity index (χ1) is 12.5. The summed E-state index contributed by atoms with van der Waals surface area (Å²) in [5.74, 6) is 0.947. The van der Waals surface area contributed by atoms with Crippen LogP contribution in [0.5, 0.6) is 5.75 Å². The lowest BCUT2D eigenvalue weighted by molar-refractivity contribution is 0.180. The average molecular weight is 375 g/mol. The highest BCUT2D eigenvalue weighted by molar-refractivity contribution is 7.88. The van der Waals surface area contributed by atoms with Gasteiger partial charge < -0.3 is 4.74 Å². The summed E-state index contributed by atoms with van der Waals surface area (Å²) in [5, 5.41) is 0. The molecule has 5 nitrogen and oxygen atoms in total. The van der Waals surface area contributed by atoms with Gasteiger partial charge in [0, 0.05) is 38.3 Å². The summed E-state index contributed by atoms with van der Waals surface area (Å²) in [6.45, 7) is 5.27. The topological polar surface area (TPSA) is 49.9 Å². The van der Waals surface area contributed by atoms with Crippen molar-refractivity contribution in [2.75, 3.05) is 33.3 Å². The van der Waals surface area contributed by atoms with E-state index in [1.165, 1.54) is 0 Å². The van der Waals surface area contributed by atoms with Crippen LogP contribution in [0.3, 0.4) is 0 Å². The number of rotatable bonds is 6. The molecular weight excluding hydrogens is 348 g/mol. The maximum atomic E-state index is 12.7. The number of hydrogen-bond acceptors (Lipinski definition) is 4. The first kappa shape index (κ1) is 18.9. The molecule has 1 heterocycles. The van der Waals surface area contributed by atoms with E-state index in [2.05, 4.69) is 11.0 Å². The van der Waals surface area contributed by atoms with Crippen LogP contribution in [0, 0.1) is 6.92 Å². The molecule has 0 N–H and O–H groups in total. The Bertz CT molecular complexity index is 844. The van der Waals surface area contributed by atoms with Crippen LogP contribution in [0.15, 0.2) is 48.5 Å². The fourth-order valence-electron chi connectivity index (χ4n) is 3.34. The number of ether oxygens (including phenoxy) is 1. The molecule has 3 rings (SSSR count). The number of nitrogens with zero attached hydrogens (tertiary/aromatic N) is 2. The second-order valence-electron chi connectivity index (χ2n) is 6.73. The predicted molar refractivity (Wildman–Crippen MR) is 104 cm³/mol. The molecule has 26 heavy (non-hydrogen) atoms. The molecule has 1 aliphatic heterocycles. The van der Waals surface area contributed by atoms with E-state index >= 15 is 0 Å². The number of benzene rings is 2. The van der Waals surface area contributed by atoms with Gasteiger partial charge in [0.1, 0.15) is 5.75 Å². The lowest BCUT2D eigenvalue weighted by Gasteiger charge is -2.34. The number of methoxy groups -OCH3 is 1. The molecule has 0 aliphatic carbocycles. The van der Waals surface area contributed by atoms with Gasteiger partial charge in [0.25, 0.3) is 0 Å². The molecule has 0 saturated carbocycles. The summed E-state index contributed by atoms with van der Waals surface area (Å²) in [6, 6.07) is 15.7. The zero-order chi connectivity index (χ0) is 18.6. The van der Waals surface area contributed by atoms with Gasteiger partial charge in [-0.1, -0.05) is 48.0 Å². The van der Waals surface area contributed by atoms with E-state index in [-0.39, 0.29) is 5.75 Å². The van der Waals surface area contributed by atoms with Crippen molar-refractivity contribution >= 4 is 10.0 Å². The molecule has 0 unspecified atom stereocenters. The van der Waals surface area contributed by atoms with Crippen LogP contribution in [0.4, 0.5) is 0 Å². The summed E-state index contributed by atoms with van der Waals surface area (Å²) in [7, 11) is -1.61. The van der Waals surface area contributed by atoms with Gasteiger partial charge in [0.15, 0.2) is 0 Å². The van der Waals surface area contributed by atoms with Crippen molar-refractivity contribution in [1.82, 2.24) is 9.21 Å². The summed E-state index contributed by atoms with van der Waals surface area (Å²) >= 11 is 0. The Balaban J connectivity index is 1.59. The zero-order valence-electron chi connectivity index (χ0n) is 15.4. The van der Waals surface area contributed by atoms with Crippen LogP contribution in [0.25, 0.3) is 0 Å². The first-order valence-corrected chi connectivity index (χ1v) is 10.5. The van der Waals surface area contributed by atoms with E-state index in [0.717, 1.165) is 42.1 Å². The van der Waals surface area contributed by atoms with Crippen LogP contribution < -0.4 is 4.74 Å². The molecule has 1 saturated heterocycles. The number of sulfonamides is 1. The normalized spacial score (nSPS) is 16.5. The van der Waals surface area contributed by atoms with Gasteiger partial charge in [-0.3, -0.25) is 4.90 Å². The quantitative estimate of drug-likeness (QED) is 0.780. The molecule has 1 aliphatic rings. The lowest BCUT2D eigenvalue weighted by Crippen LogP contribution is -2.48. The van der Waals surface area contributed by atoms with Gasteiger partial charge in [0.05, 0.1) is 12.9 Å². The minimum Gasteiger partial charge on any atom is -0.496 e. The molecule has 0 spiro atoms. The zero-order valence-corrected chi connectivity index (χ0v) is 16.2. The van der Waals surface area contributed by atoms with Gasteiger partial charge in [-0.15, -0.1) is 0 Å². The summed E-state index contributed by atoms with van der Waals surface area (Å²) in [5.41, 5.74) is 3.06. The third kappa shape index (κ3) is 4.63. The Labute approximate surface area is 156 Å². The molecule has 2 aromatic carbocycles. The summed E-state index contributed by atoms with van der Waals surface area (Å²) in [4.78, 5) is 2.27. The number of hydrogen-bond donors (Lipinski definition) is 0. The fourth-order valence-corrected chi connectivity index (χ4v) is 4.85. The maximum absolute atomic E-state index is 12.7. The van der Waals surface area contributed by atoms with E-state index in [1.807, 2.05) is 49.4 Å². The molecule has 6 heteroatoms. The van der Waals surface area contributed by atoms with Crippen molar-refractivity contribution in [1.29, 1.82) is 0 Å². The summed E-state index contributed by atoms with van der Waals surface area (Å²) < 4.78 is 32.5. The van der Waals surface area contributed by atoms with E-state index < -0.39 is 10.0 Å². The van der Waals surface area contributed by atoms with Gasteiger partial charge in [0.2, 0.25) is 10.0 Å². The van der Waals surface area contributed by atoms with Crippen LogP contribution in [0.1, 0.15) is 16.7 Å². The molecule has 140 valence electrons. The van der Waals surface area contributed by atoms with Crippen LogP contribution in [-0.4, -0.2) is 50.9 Å². The third-order valence-corrected chi connectivity index (χ3v) is 6.59. The molecular formula is C20H26N2O3S. The Hall–Kier alpha value is -1.89. The largest absolute Gasteiger partial charge is 0.496 e. The second kappa shape index (κ2) is 8.20. The van der Waals surface area contributed by atoms with Gasteiger partial charge >= 0.3 is 0 Å². The highest BCUT2D eigenvalue weighted by Crippen LogP contribution is 2.21. The monoisotopic (exact) mass is 374 g/mol. The molecule has 0 bridgehead atoms. The van der Waals surface area contributed by atoms with Crippen molar-refractivity contribution < 1.29 is 13.2 Å². The molecule has 0 radical (unpaired) electrons. The van der Waals surface area contributed by atoms with Crippen LogP contribution in [-0.2, 0) is 22.3 Å². The van der Waals surface area contributed by atoms with Gasteiger partial charge in [-0.05, 0) is 18.6 Å². The molecule has 0 amide bonds. The van der Waals surface area contributed by atoms with Gasteiger partial charge in [-0.2, -0.15) is 4.31 Å². The Kier molecular flexibility index (Phi) is 5.96. The standard InChI is InChI=1S/C20H26N2O3S/c1-17-6-5-7-18(14-17)16-26(23,24)22-12-10-21(11-13-22)15-19-8-3-4-9-20(19)25-2/h3-9,14H,10-13,15-16H2,1-2H3. The predicted octanol–water partition coefficient (Wildman–Crippen LogP) is 2.65. The van der Waals surface area contributed by atoms with Crippen molar-refractivity contribution in [3.8, 4) is 5.75 Å². The van der Waals surface area contributed by atoms with Crippen molar-refractivity contribution in [2.45, 2.75) is 19.2 Å². The van der Waals surface area contributed by atoms with E-state index in [1.54, 1.807) is 11.4 Å². The molecule has 0 aromatic heterocycles. The summed E-state index contributed by atoms with van der Waals surface area (Å²) in [6.07, 6.45) is 0. The SMILES string of the molecule is COc1ccccc1CN1CCN(S(=O)(=O)Cc2cccc(C)c2)CC1. The highest BCUT2D eigenvalue weighted by Gasteiger charge is 2.27. The Morgan fingerprint density at radius 2 is 1.73 bits per heavy atom. The Morgan fingerprint density at radius 3 is 2.42 bits per heavy atom. The number of aryl methyl sites for hydroxylation is 1. The molecule has 0 atom stereocenters. The van der Waals surface area contributed by atoms with Crippen LogP contribution in [0.2, 0.25) is 0 Å². The average Bonchev–Trinajstić information content (AvgIpc) is 2.62. The maximum Gasteiger partial charge on any atom is 0.218 e. The van der Waals surface area contributed by atoms with E-state index in [9.17, 15) is 8.42 Å².